The second-order valence-corrected chi connectivity index (χ2v) is 4.64. The molecule has 0 radical (unpaired) electrons. The minimum absolute atomic E-state index is 0.306. The van der Waals surface area contributed by atoms with E-state index in [1.165, 1.54) is 0 Å². The summed E-state index contributed by atoms with van der Waals surface area (Å²) in [6.07, 6.45) is 1.76. The zero-order chi connectivity index (χ0) is 14.8. The van der Waals surface area contributed by atoms with Gasteiger partial charge in [-0.05, 0) is 29.8 Å². The van der Waals surface area contributed by atoms with E-state index < -0.39 is 0 Å². The molecule has 0 saturated carbocycles. The highest BCUT2D eigenvalue weighted by molar-refractivity contribution is 5.91. The first-order valence-corrected chi connectivity index (χ1v) is 6.67. The van der Waals surface area contributed by atoms with Gasteiger partial charge in [-0.25, -0.2) is 4.79 Å². The highest BCUT2D eigenvalue weighted by atomic mass is 16.1. The summed E-state index contributed by atoms with van der Waals surface area (Å²) in [6, 6.07) is 15.3. The minimum atomic E-state index is -0.306. The van der Waals surface area contributed by atoms with Gasteiger partial charge in [0, 0.05) is 12.4 Å². The SMILES string of the molecule is C=Cc1ccc2c(NC)nc(=O)n(-c3ccccc3)c2c1. The summed E-state index contributed by atoms with van der Waals surface area (Å²) >= 11 is 0. The molecular weight excluding hydrogens is 262 g/mol. The van der Waals surface area contributed by atoms with Crippen LogP contribution in [-0.4, -0.2) is 16.6 Å². The van der Waals surface area contributed by atoms with Gasteiger partial charge >= 0.3 is 5.69 Å². The lowest BCUT2D eigenvalue weighted by atomic mass is 10.1. The van der Waals surface area contributed by atoms with Crippen molar-refractivity contribution >= 4 is 22.8 Å². The third kappa shape index (κ3) is 2.21. The number of rotatable bonds is 3. The average Bonchev–Trinajstić information content (AvgIpc) is 2.54. The van der Waals surface area contributed by atoms with E-state index in [4.69, 9.17) is 0 Å². The summed E-state index contributed by atoms with van der Waals surface area (Å²) in [5, 5.41) is 3.87. The van der Waals surface area contributed by atoms with Crippen LogP contribution in [0.25, 0.3) is 22.7 Å². The zero-order valence-corrected chi connectivity index (χ0v) is 11.7. The summed E-state index contributed by atoms with van der Waals surface area (Å²) in [4.78, 5) is 16.5. The predicted octanol–water partition coefficient (Wildman–Crippen LogP) is 3.07. The average molecular weight is 277 g/mol. The molecule has 4 nitrogen and oxygen atoms in total. The maximum atomic E-state index is 12.4. The second-order valence-electron chi connectivity index (χ2n) is 4.64. The molecule has 0 atom stereocenters. The molecule has 0 unspecified atom stereocenters. The van der Waals surface area contributed by atoms with Gasteiger partial charge in [-0.1, -0.05) is 36.9 Å². The van der Waals surface area contributed by atoms with E-state index in [0.29, 0.717) is 5.82 Å². The fourth-order valence-corrected chi connectivity index (χ4v) is 2.39. The monoisotopic (exact) mass is 277 g/mol. The van der Waals surface area contributed by atoms with Crippen LogP contribution in [0.4, 0.5) is 5.82 Å². The molecule has 0 fully saturated rings. The molecule has 3 aromatic rings. The molecule has 0 saturated heterocycles. The van der Waals surface area contributed by atoms with Gasteiger partial charge in [0.1, 0.15) is 5.82 Å². The van der Waals surface area contributed by atoms with Gasteiger partial charge in [0.2, 0.25) is 0 Å². The number of anilines is 1. The lowest BCUT2D eigenvalue weighted by Gasteiger charge is -2.13. The van der Waals surface area contributed by atoms with Gasteiger partial charge in [-0.3, -0.25) is 4.57 Å². The Balaban J connectivity index is 2.46. The molecule has 104 valence electrons. The fraction of sp³-hybridized carbons (Fsp3) is 0.0588. The maximum absolute atomic E-state index is 12.4. The zero-order valence-electron chi connectivity index (χ0n) is 11.7. The van der Waals surface area contributed by atoms with Crippen LogP contribution in [0.3, 0.4) is 0 Å². The lowest BCUT2D eigenvalue weighted by molar-refractivity contribution is 0.961. The summed E-state index contributed by atoms with van der Waals surface area (Å²) in [5.74, 6) is 0.581. The first-order valence-electron chi connectivity index (χ1n) is 6.67. The summed E-state index contributed by atoms with van der Waals surface area (Å²) in [6.45, 7) is 3.79. The van der Waals surface area contributed by atoms with E-state index in [0.717, 1.165) is 22.2 Å². The quantitative estimate of drug-likeness (QED) is 0.800. The molecule has 0 spiro atoms. The molecule has 3 rings (SSSR count). The molecule has 21 heavy (non-hydrogen) atoms. The standard InChI is InChI=1S/C17H15N3O/c1-3-12-9-10-14-15(11-12)20(13-7-5-4-6-8-13)17(21)19-16(14)18-2/h3-11H,1H2,2H3,(H,18,19,21). The Morgan fingerprint density at radius 2 is 1.95 bits per heavy atom. The first-order chi connectivity index (χ1) is 10.2. The van der Waals surface area contributed by atoms with Crippen molar-refractivity contribution in [2.45, 2.75) is 0 Å². The van der Waals surface area contributed by atoms with Gasteiger partial charge in [0.15, 0.2) is 0 Å². The molecule has 0 amide bonds. The third-order valence-corrected chi connectivity index (χ3v) is 3.40. The fourth-order valence-electron chi connectivity index (χ4n) is 2.39. The summed E-state index contributed by atoms with van der Waals surface area (Å²) in [5.41, 5.74) is 2.26. The molecule has 0 aliphatic heterocycles. The molecule has 0 aliphatic rings. The molecule has 0 aliphatic carbocycles. The van der Waals surface area contributed by atoms with Gasteiger partial charge in [-0.2, -0.15) is 4.98 Å². The number of para-hydroxylation sites is 1. The van der Waals surface area contributed by atoms with Gasteiger partial charge in [0.05, 0.1) is 11.2 Å². The van der Waals surface area contributed by atoms with Crippen molar-refractivity contribution in [2.75, 3.05) is 12.4 Å². The number of aromatic nitrogens is 2. The molecular formula is C17H15N3O. The smallest absolute Gasteiger partial charge is 0.354 e. The van der Waals surface area contributed by atoms with Crippen LogP contribution in [0, 0.1) is 0 Å². The van der Waals surface area contributed by atoms with Crippen LogP contribution < -0.4 is 11.0 Å². The number of nitrogens with zero attached hydrogens (tertiary/aromatic N) is 2. The van der Waals surface area contributed by atoms with Gasteiger partial charge in [0.25, 0.3) is 0 Å². The number of hydrogen-bond donors (Lipinski definition) is 1. The third-order valence-electron chi connectivity index (χ3n) is 3.40. The Labute approximate surface area is 122 Å². The van der Waals surface area contributed by atoms with Crippen molar-refractivity contribution in [3.05, 3.63) is 71.2 Å². The van der Waals surface area contributed by atoms with Crippen molar-refractivity contribution in [2.24, 2.45) is 0 Å². The number of hydrogen-bond acceptors (Lipinski definition) is 3. The highest BCUT2D eigenvalue weighted by Crippen LogP contribution is 2.23. The highest BCUT2D eigenvalue weighted by Gasteiger charge is 2.11. The molecule has 0 bridgehead atoms. The van der Waals surface area contributed by atoms with Crippen molar-refractivity contribution in [1.29, 1.82) is 0 Å². The predicted molar refractivity (Wildman–Crippen MR) is 87.0 cm³/mol. The van der Waals surface area contributed by atoms with Crippen LogP contribution in [-0.2, 0) is 0 Å². The topological polar surface area (TPSA) is 46.9 Å². The van der Waals surface area contributed by atoms with E-state index >= 15 is 0 Å². The normalized spacial score (nSPS) is 10.5. The van der Waals surface area contributed by atoms with E-state index in [-0.39, 0.29) is 5.69 Å². The van der Waals surface area contributed by atoms with Crippen LogP contribution in [0.5, 0.6) is 0 Å². The van der Waals surface area contributed by atoms with Crippen molar-refractivity contribution in [1.82, 2.24) is 9.55 Å². The van der Waals surface area contributed by atoms with Crippen LogP contribution >= 0.6 is 0 Å². The largest absolute Gasteiger partial charge is 0.372 e. The summed E-state index contributed by atoms with van der Waals surface area (Å²) in [7, 11) is 1.76. The molecule has 4 heteroatoms. The second kappa shape index (κ2) is 5.25. The van der Waals surface area contributed by atoms with E-state index in [9.17, 15) is 4.79 Å². The Hall–Kier alpha value is -2.88. The van der Waals surface area contributed by atoms with Crippen molar-refractivity contribution in [3.8, 4) is 5.69 Å². The number of nitrogens with one attached hydrogen (secondary N) is 1. The lowest BCUT2D eigenvalue weighted by Crippen LogP contribution is -2.23. The number of benzene rings is 2. The maximum Gasteiger partial charge on any atom is 0.354 e. The Kier molecular flexibility index (Phi) is 3.28. The van der Waals surface area contributed by atoms with Gasteiger partial charge in [-0.15, -0.1) is 0 Å². The molecule has 2 aromatic carbocycles. The van der Waals surface area contributed by atoms with E-state index in [1.807, 2.05) is 48.5 Å². The van der Waals surface area contributed by atoms with Crippen LogP contribution in [0.1, 0.15) is 5.56 Å². The molecule has 1 N–H and O–H groups in total. The summed E-state index contributed by atoms with van der Waals surface area (Å²) < 4.78 is 1.61. The Bertz CT molecular complexity index is 866. The molecule has 1 aromatic heterocycles. The minimum Gasteiger partial charge on any atom is -0.372 e. The van der Waals surface area contributed by atoms with Gasteiger partial charge < -0.3 is 5.32 Å². The first kappa shape index (κ1) is 13.1. The van der Waals surface area contributed by atoms with Crippen LogP contribution in [0.2, 0.25) is 0 Å². The van der Waals surface area contributed by atoms with E-state index in [2.05, 4.69) is 16.9 Å². The van der Waals surface area contributed by atoms with E-state index in [1.54, 1.807) is 17.7 Å². The van der Waals surface area contributed by atoms with Crippen LogP contribution in [0.15, 0.2) is 59.9 Å². The van der Waals surface area contributed by atoms with Crippen molar-refractivity contribution < 1.29 is 0 Å². The number of fused-ring (bicyclic) bond motifs is 1. The molecule has 1 heterocycles. The Morgan fingerprint density at radius 1 is 1.19 bits per heavy atom. The Morgan fingerprint density at radius 3 is 2.62 bits per heavy atom. The van der Waals surface area contributed by atoms with Crippen molar-refractivity contribution in [3.63, 3.8) is 0 Å².